The monoisotopic (exact) mass is 302 g/mol. The number of carboxylic acid groups (broad SMARTS) is 1. The second-order valence-corrected chi connectivity index (χ2v) is 6.24. The van der Waals surface area contributed by atoms with Crippen LogP contribution in [0.25, 0.3) is 0 Å². The lowest BCUT2D eigenvalue weighted by molar-refractivity contribution is 0.0532. The van der Waals surface area contributed by atoms with E-state index in [1.165, 1.54) is 11.3 Å². The molecule has 1 aliphatic rings. The van der Waals surface area contributed by atoms with Crippen LogP contribution < -0.4 is 0 Å². The number of aryl methyl sites for hydroxylation is 1. The minimum absolute atomic E-state index is 0.00146. The van der Waals surface area contributed by atoms with Crippen molar-refractivity contribution in [2.75, 3.05) is 0 Å². The summed E-state index contributed by atoms with van der Waals surface area (Å²) in [4.78, 5) is 25.2. The Balaban J connectivity index is 1.99. The molecule has 4 nitrogen and oxygen atoms in total. The van der Waals surface area contributed by atoms with Gasteiger partial charge in [-0.25, -0.2) is 4.79 Å². The highest BCUT2D eigenvalue weighted by molar-refractivity contribution is 7.12. The summed E-state index contributed by atoms with van der Waals surface area (Å²) in [5.41, 5.74) is 2.33. The first-order chi connectivity index (χ1) is 10.1. The number of fused-ring (bicyclic) bond motifs is 1. The maximum atomic E-state index is 12.7. The largest absolute Gasteiger partial charge is 0.506 e. The predicted molar refractivity (Wildman–Crippen MR) is 79.1 cm³/mol. The minimum atomic E-state index is -1.27. The van der Waals surface area contributed by atoms with Crippen LogP contribution in [0.1, 0.15) is 43.8 Å². The average Bonchev–Trinajstić information content (AvgIpc) is 2.98. The molecule has 0 spiro atoms. The summed E-state index contributed by atoms with van der Waals surface area (Å²) in [6.45, 7) is 1.90. The van der Waals surface area contributed by atoms with Crippen molar-refractivity contribution < 1.29 is 19.4 Å². The van der Waals surface area contributed by atoms with Gasteiger partial charge >= 0.3 is 6.16 Å². The number of benzene rings is 1. The van der Waals surface area contributed by atoms with Gasteiger partial charge in [0.05, 0.1) is 0 Å². The zero-order chi connectivity index (χ0) is 15.0. The highest BCUT2D eigenvalue weighted by Crippen LogP contribution is 2.43. The molecule has 1 aromatic carbocycles. The topological polar surface area (TPSA) is 63.6 Å². The predicted octanol–water partition coefficient (Wildman–Crippen LogP) is 3.97. The molecule has 1 aromatic heterocycles. The Bertz CT molecular complexity index is 703. The SMILES string of the molecule is Cc1sc2c(c1C(=O)c1ccccc1)CCC2OC(=O)O. The Labute approximate surface area is 126 Å². The lowest BCUT2D eigenvalue weighted by Gasteiger charge is -2.07. The molecule has 0 bridgehead atoms. The molecular weight excluding hydrogens is 288 g/mol. The van der Waals surface area contributed by atoms with Crippen LogP contribution in [0.5, 0.6) is 0 Å². The molecule has 1 N–H and O–H groups in total. The Morgan fingerprint density at radius 3 is 2.67 bits per heavy atom. The third-order valence-corrected chi connectivity index (χ3v) is 4.91. The van der Waals surface area contributed by atoms with Crippen molar-refractivity contribution in [2.45, 2.75) is 25.9 Å². The first-order valence-electron chi connectivity index (χ1n) is 6.69. The number of carbonyl (C=O) groups is 2. The summed E-state index contributed by atoms with van der Waals surface area (Å²) in [5, 5.41) is 8.78. The van der Waals surface area contributed by atoms with E-state index >= 15 is 0 Å². The molecule has 0 amide bonds. The van der Waals surface area contributed by atoms with E-state index in [9.17, 15) is 9.59 Å². The molecule has 3 rings (SSSR count). The summed E-state index contributed by atoms with van der Waals surface area (Å²) in [6, 6.07) is 9.15. The van der Waals surface area contributed by atoms with Gasteiger partial charge in [-0.15, -0.1) is 11.3 Å². The van der Waals surface area contributed by atoms with E-state index in [2.05, 4.69) is 0 Å². The zero-order valence-corrected chi connectivity index (χ0v) is 12.3. The number of rotatable bonds is 3. The maximum Gasteiger partial charge on any atom is 0.506 e. The smallest absolute Gasteiger partial charge is 0.450 e. The van der Waals surface area contributed by atoms with Crippen molar-refractivity contribution in [3.05, 3.63) is 56.8 Å². The number of carbonyl (C=O) groups excluding carboxylic acids is 1. The normalized spacial score (nSPS) is 16.5. The lowest BCUT2D eigenvalue weighted by Crippen LogP contribution is -2.04. The molecule has 2 aromatic rings. The molecule has 1 heterocycles. The van der Waals surface area contributed by atoms with E-state index < -0.39 is 12.3 Å². The van der Waals surface area contributed by atoms with Gasteiger partial charge in [0.25, 0.3) is 0 Å². The molecular formula is C16H14O4S. The number of thiophene rings is 1. The summed E-state index contributed by atoms with van der Waals surface area (Å²) in [5.74, 6) is 0.00146. The molecule has 0 radical (unpaired) electrons. The van der Waals surface area contributed by atoms with Gasteiger partial charge in [-0.3, -0.25) is 4.79 Å². The molecule has 21 heavy (non-hydrogen) atoms. The van der Waals surface area contributed by atoms with Gasteiger partial charge < -0.3 is 9.84 Å². The van der Waals surface area contributed by atoms with E-state index in [1.54, 1.807) is 12.1 Å². The summed E-state index contributed by atoms with van der Waals surface area (Å²) >= 11 is 1.47. The number of ketones is 1. The Kier molecular flexibility index (Phi) is 3.51. The van der Waals surface area contributed by atoms with Crippen LogP contribution in [-0.4, -0.2) is 17.0 Å². The fourth-order valence-electron chi connectivity index (χ4n) is 2.79. The van der Waals surface area contributed by atoms with Gasteiger partial charge in [0.2, 0.25) is 0 Å². The van der Waals surface area contributed by atoms with Crippen LogP contribution in [0.15, 0.2) is 30.3 Å². The molecule has 1 atom stereocenters. The summed E-state index contributed by atoms with van der Waals surface area (Å²) in [7, 11) is 0. The molecule has 108 valence electrons. The van der Waals surface area contributed by atoms with Gasteiger partial charge in [-0.05, 0) is 25.3 Å². The molecule has 0 aliphatic heterocycles. The van der Waals surface area contributed by atoms with Crippen LogP contribution in [0.3, 0.4) is 0 Å². The van der Waals surface area contributed by atoms with Gasteiger partial charge in [-0.1, -0.05) is 30.3 Å². The lowest BCUT2D eigenvalue weighted by atomic mass is 9.99. The van der Waals surface area contributed by atoms with Gasteiger partial charge in [-0.2, -0.15) is 0 Å². The van der Waals surface area contributed by atoms with E-state index in [-0.39, 0.29) is 5.78 Å². The minimum Gasteiger partial charge on any atom is -0.450 e. The number of hydrogen-bond acceptors (Lipinski definition) is 4. The van der Waals surface area contributed by atoms with Crippen LogP contribution in [0, 0.1) is 6.92 Å². The highest BCUT2D eigenvalue weighted by Gasteiger charge is 2.33. The molecule has 1 aliphatic carbocycles. The highest BCUT2D eigenvalue weighted by atomic mass is 32.1. The van der Waals surface area contributed by atoms with E-state index in [4.69, 9.17) is 9.84 Å². The van der Waals surface area contributed by atoms with Gasteiger partial charge in [0.1, 0.15) is 6.10 Å². The number of ether oxygens (including phenoxy) is 1. The van der Waals surface area contributed by atoms with Crippen LogP contribution >= 0.6 is 11.3 Å². The zero-order valence-electron chi connectivity index (χ0n) is 11.5. The van der Waals surface area contributed by atoms with Gasteiger partial charge in [0, 0.05) is 20.9 Å². The Morgan fingerprint density at radius 2 is 2.00 bits per heavy atom. The van der Waals surface area contributed by atoms with Crippen molar-refractivity contribution in [1.29, 1.82) is 0 Å². The fraction of sp³-hybridized carbons (Fsp3) is 0.250. The van der Waals surface area contributed by atoms with E-state index in [0.29, 0.717) is 18.4 Å². The molecule has 0 saturated heterocycles. The van der Waals surface area contributed by atoms with Crippen molar-refractivity contribution >= 4 is 23.3 Å². The molecule has 5 heteroatoms. The van der Waals surface area contributed by atoms with Crippen LogP contribution in [0.4, 0.5) is 4.79 Å². The summed E-state index contributed by atoms with van der Waals surface area (Å²) in [6.07, 6.45) is -0.401. The second-order valence-electron chi connectivity index (χ2n) is 4.98. The molecule has 1 unspecified atom stereocenters. The van der Waals surface area contributed by atoms with Crippen molar-refractivity contribution in [1.82, 2.24) is 0 Å². The average molecular weight is 302 g/mol. The maximum absolute atomic E-state index is 12.7. The van der Waals surface area contributed by atoms with E-state index in [1.807, 2.05) is 25.1 Å². The quantitative estimate of drug-likeness (QED) is 0.688. The first-order valence-corrected chi connectivity index (χ1v) is 7.51. The molecule has 0 fully saturated rings. The Morgan fingerprint density at radius 1 is 1.29 bits per heavy atom. The third-order valence-electron chi connectivity index (χ3n) is 3.67. The van der Waals surface area contributed by atoms with Crippen molar-refractivity contribution in [3.63, 3.8) is 0 Å². The fourth-order valence-corrected chi connectivity index (χ4v) is 4.07. The first kappa shape index (κ1) is 13.8. The second kappa shape index (κ2) is 5.33. The summed E-state index contributed by atoms with van der Waals surface area (Å²) < 4.78 is 4.91. The van der Waals surface area contributed by atoms with E-state index in [0.717, 1.165) is 20.9 Å². The Hall–Kier alpha value is -2.14. The molecule has 0 saturated carbocycles. The standard InChI is InChI=1S/C16H14O4S/c1-9-13(14(17)10-5-3-2-4-6-10)11-7-8-12(15(11)21-9)20-16(18)19/h2-6,12H,7-8H2,1H3,(H,18,19). The van der Waals surface area contributed by atoms with Gasteiger partial charge in [0.15, 0.2) is 5.78 Å². The van der Waals surface area contributed by atoms with Crippen molar-refractivity contribution in [3.8, 4) is 0 Å². The number of hydrogen-bond donors (Lipinski definition) is 1. The van der Waals surface area contributed by atoms with Crippen LogP contribution in [-0.2, 0) is 11.2 Å². The van der Waals surface area contributed by atoms with Crippen LogP contribution in [0.2, 0.25) is 0 Å². The third kappa shape index (κ3) is 2.45. The van der Waals surface area contributed by atoms with Crippen molar-refractivity contribution in [2.24, 2.45) is 0 Å².